The summed E-state index contributed by atoms with van der Waals surface area (Å²) in [5.41, 5.74) is 2.50. The number of fused-ring (bicyclic) bond motifs is 1. The third-order valence-electron chi connectivity index (χ3n) is 3.83. The van der Waals surface area contributed by atoms with Crippen molar-refractivity contribution < 1.29 is 9.90 Å². The molecule has 2 heterocycles. The molecule has 0 aromatic carbocycles. The van der Waals surface area contributed by atoms with E-state index in [1.807, 2.05) is 44.9 Å². The minimum atomic E-state index is 0.0232. The summed E-state index contributed by atoms with van der Waals surface area (Å²) in [5, 5.41) is 13.0. The minimum Gasteiger partial charge on any atom is -0.395 e. The van der Waals surface area contributed by atoms with E-state index in [-0.39, 0.29) is 6.61 Å². The highest BCUT2D eigenvalue weighted by molar-refractivity contribution is 7.21. The Hall–Kier alpha value is -2.25. The summed E-state index contributed by atoms with van der Waals surface area (Å²) >= 11 is 1.32. The van der Waals surface area contributed by atoms with Gasteiger partial charge in [-0.1, -0.05) is 6.08 Å². The fraction of sp³-hybridized carbons (Fsp3) is 0.353. The smallest absolute Gasteiger partial charge is 0.162 e. The summed E-state index contributed by atoms with van der Waals surface area (Å²) in [5.74, 6) is 0.783. The number of hydrogen-bond acceptors (Lipinski definition) is 6. The molecule has 0 saturated carbocycles. The predicted molar refractivity (Wildman–Crippen MR) is 101 cm³/mol. The standard InChI is InChI=1S/C17H22N4O2S/c1-5-11(2)21(4)12(3)20-16-14(10-23)24-17-15(16)13(6-7-19-17)18-8-9-22/h5-7,10,22H,8-9H2,1-4H3,(H,18,19)/b11-5+,20-12?. The van der Waals surface area contributed by atoms with Crippen molar-refractivity contribution >= 4 is 45.0 Å². The van der Waals surface area contributed by atoms with Gasteiger partial charge >= 0.3 is 0 Å². The third-order valence-corrected chi connectivity index (χ3v) is 4.85. The molecule has 0 aliphatic rings. The summed E-state index contributed by atoms with van der Waals surface area (Å²) in [6.45, 7) is 6.32. The molecule has 0 radical (unpaired) electrons. The second kappa shape index (κ2) is 8.03. The van der Waals surface area contributed by atoms with Crippen LogP contribution in [0.4, 0.5) is 11.4 Å². The molecule has 7 heteroatoms. The Bertz CT molecular complexity index is 795. The van der Waals surface area contributed by atoms with Gasteiger partial charge in [-0.05, 0) is 26.8 Å². The van der Waals surface area contributed by atoms with Crippen molar-refractivity contribution in [3.63, 3.8) is 0 Å². The maximum atomic E-state index is 11.5. The highest BCUT2D eigenvalue weighted by Gasteiger charge is 2.17. The first-order chi connectivity index (χ1) is 11.5. The van der Waals surface area contributed by atoms with Crippen LogP contribution in [0.25, 0.3) is 10.2 Å². The average Bonchev–Trinajstić information content (AvgIpc) is 2.96. The molecule has 0 aliphatic carbocycles. The number of rotatable bonds is 6. The van der Waals surface area contributed by atoms with Crippen LogP contribution in [0.15, 0.2) is 29.0 Å². The second-order valence-corrected chi connectivity index (χ2v) is 6.30. The van der Waals surface area contributed by atoms with Crippen molar-refractivity contribution in [3.05, 3.63) is 28.9 Å². The summed E-state index contributed by atoms with van der Waals surface area (Å²) in [6, 6.07) is 1.83. The zero-order valence-electron chi connectivity index (χ0n) is 14.3. The van der Waals surface area contributed by atoms with Gasteiger partial charge in [-0.3, -0.25) is 4.79 Å². The number of carbonyl (C=O) groups is 1. The molecule has 2 aromatic rings. The van der Waals surface area contributed by atoms with Crippen molar-refractivity contribution in [2.45, 2.75) is 20.8 Å². The number of aromatic nitrogens is 1. The Morgan fingerprint density at radius 2 is 2.25 bits per heavy atom. The second-order valence-electron chi connectivity index (χ2n) is 5.27. The van der Waals surface area contributed by atoms with E-state index >= 15 is 0 Å². The average molecular weight is 346 g/mol. The fourth-order valence-corrected chi connectivity index (χ4v) is 3.16. The van der Waals surface area contributed by atoms with E-state index in [0.29, 0.717) is 17.1 Å². The Balaban J connectivity index is 2.61. The number of nitrogens with one attached hydrogen (secondary N) is 1. The molecule has 0 spiro atoms. The molecule has 0 aliphatic heterocycles. The predicted octanol–water partition coefficient (Wildman–Crippen LogP) is 3.42. The highest BCUT2D eigenvalue weighted by atomic mass is 32.1. The van der Waals surface area contributed by atoms with Crippen LogP contribution < -0.4 is 5.32 Å². The molecule has 0 fully saturated rings. The van der Waals surface area contributed by atoms with E-state index in [1.54, 1.807) is 6.20 Å². The number of thiophene rings is 1. The van der Waals surface area contributed by atoms with E-state index in [9.17, 15) is 4.79 Å². The number of anilines is 1. The van der Waals surface area contributed by atoms with Crippen molar-refractivity contribution in [3.8, 4) is 0 Å². The van der Waals surface area contributed by atoms with Gasteiger partial charge in [0.05, 0.1) is 22.6 Å². The van der Waals surface area contributed by atoms with Crippen LogP contribution in [0.3, 0.4) is 0 Å². The van der Waals surface area contributed by atoms with Crippen LogP contribution in [-0.4, -0.2) is 47.3 Å². The minimum absolute atomic E-state index is 0.0232. The number of nitrogens with zero attached hydrogens (tertiary/aromatic N) is 3. The van der Waals surface area contributed by atoms with Gasteiger partial charge in [-0.2, -0.15) is 0 Å². The molecule has 24 heavy (non-hydrogen) atoms. The van der Waals surface area contributed by atoms with E-state index in [2.05, 4.69) is 10.3 Å². The molecular formula is C17H22N4O2S. The molecule has 0 unspecified atom stereocenters. The molecule has 2 N–H and O–H groups in total. The number of carbonyl (C=O) groups excluding carboxylic acids is 1. The first-order valence-corrected chi connectivity index (χ1v) is 8.48. The SMILES string of the molecule is C/C=C(\C)N(C)C(C)=Nc1c(C=O)sc2nccc(NCCO)c12. The van der Waals surface area contributed by atoms with Crippen LogP contribution in [0, 0.1) is 0 Å². The Kier molecular flexibility index (Phi) is 6.05. The molecule has 6 nitrogen and oxygen atoms in total. The number of aliphatic imine (C=N–C) groups is 1. The number of amidine groups is 1. The van der Waals surface area contributed by atoms with E-state index in [0.717, 1.165) is 33.7 Å². The zero-order chi connectivity index (χ0) is 17.7. The van der Waals surface area contributed by atoms with Crippen molar-refractivity contribution in [1.29, 1.82) is 0 Å². The molecule has 2 rings (SSSR count). The number of allylic oxidation sites excluding steroid dienone is 2. The Labute approximate surface area is 145 Å². The lowest BCUT2D eigenvalue weighted by Crippen LogP contribution is -2.21. The molecule has 0 saturated heterocycles. The van der Waals surface area contributed by atoms with E-state index < -0.39 is 0 Å². The van der Waals surface area contributed by atoms with Crippen molar-refractivity contribution in [1.82, 2.24) is 9.88 Å². The molecule has 0 bridgehead atoms. The Morgan fingerprint density at radius 1 is 1.50 bits per heavy atom. The van der Waals surface area contributed by atoms with Gasteiger partial charge in [0.1, 0.15) is 10.7 Å². The fourth-order valence-electron chi connectivity index (χ4n) is 2.24. The maximum Gasteiger partial charge on any atom is 0.162 e. The van der Waals surface area contributed by atoms with Gasteiger partial charge < -0.3 is 15.3 Å². The molecule has 0 atom stereocenters. The molecular weight excluding hydrogens is 324 g/mol. The third kappa shape index (κ3) is 3.63. The van der Waals surface area contributed by atoms with Gasteiger partial charge in [0.25, 0.3) is 0 Å². The van der Waals surface area contributed by atoms with E-state index in [4.69, 9.17) is 10.1 Å². The van der Waals surface area contributed by atoms with Crippen molar-refractivity contribution in [2.75, 3.05) is 25.5 Å². The molecule has 128 valence electrons. The van der Waals surface area contributed by atoms with Gasteiger partial charge in [-0.15, -0.1) is 11.3 Å². The van der Waals surface area contributed by atoms with E-state index in [1.165, 1.54) is 11.3 Å². The first-order valence-electron chi connectivity index (χ1n) is 7.66. The molecule has 0 amide bonds. The lowest BCUT2D eigenvalue weighted by atomic mass is 10.2. The van der Waals surface area contributed by atoms with Gasteiger partial charge in [0, 0.05) is 31.2 Å². The number of pyridine rings is 1. The lowest BCUT2D eigenvalue weighted by Gasteiger charge is -2.19. The van der Waals surface area contributed by atoms with Gasteiger partial charge in [-0.25, -0.2) is 9.98 Å². The number of hydrogen-bond donors (Lipinski definition) is 2. The number of aldehydes is 1. The lowest BCUT2D eigenvalue weighted by molar-refractivity contribution is 0.112. The van der Waals surface area contributed by atoms with Crippen LogP contribution in [0.1, 0.15) is 30.4 Å². The normalized spacial score (nSPS) is 12.5. The van der Waals surface area contributed by atoms with Gasteiger partial charge in [0.2, 0.25) is 0 Å². The maximum absolute atomic E-state index is 11.5. The van der Waals surface area contributed by atoms with Crippen LogP contribution in [0.5, 0.6) is 0 Å². The highest BCUT2D eigenvalue weighted by Crippen LogP contribution is 2.40. The van der Waals surface area contributed by atoms with Crippen LogP contribution in [-0.2, 0) is 0 Å². The monoisotopic (exact) mass is 346 g/mol. The molecule has 2 aromatic heterocycles. The number of aliphatic hydroxyl groups is 1. The zero-order valence-corrected chi connectivity index (χ0v) is 15.1. The summed E-state index contributed by atoms with van der Waals surface area (Å²) in [6.07, 6.45) is 4.50. The summed E-state index contributed by atoms with van der Waals surface area (Å²) in [7, 11) is 1.94. The van der Waals surface area contributed by atoms with Crippen molar-refractivity contribution in [2.24, 2.45) is 4.99 Å². The van der Waals surface area contributed by atoms with Crippen LogP contribution >= 0.6 is 11.3 Å². The Morgan fingerprint density at radius 3 is 2.88 bits per heavy atom. The summed E-state index contributed by atoms with van der Waals surface area (Å²) < 4.78 is 0. The van der Waals surface area contributed by atoms with Crippen LogP contribution in [0.2, 0.25) is 0 Å². The quantitative estimate of drug-likeness (QED) is 0.476. The first kappa shape index (κ1) is 18.1. The number of aliphatic hydroxyl groups excluding tert-OH is 1. The topological polar surface area (TPSA) is 77.8 Å². The van der Waals surface area contributed by atoms with Gasteiger partial charge in [0.15, 0.2) is 6.29 Å². The summed E-state index contributed by atoms with van der Waals surface area (Å²) in [4.78, 5) is 23.8. The largest absolute Gasteiger partial charge is 0.395 e.